The second-order valence-electron chi connectivity index (χ2n) is 6.19. The van der Waals surface area contributed by atoms with E-state index < -0.39 is 5.82 Å². The summed E-state index contributed by atoms with van der Waals surface area (Å²) >= 11 is 1.30. The molecule has 4 rings (SSSR count). The van der Waals surface area contributed by atoms with Crippen molar-refractivity contribution >= 4 is 32.6 Å². The fourth-order valence-corrected chi connectivity index (χ4v) is 3.88. The molecule has 28 heavy (non-hydrogen) atoms. The maximum absolute atomic E-state index is 14.1. The first-order valence-electron chi connectivity index (χ1n) is 8.70. The van der Waals surface area contributed by atoms with Crippen LogP contribution in [0.4, 0.5) is 9.52 Å². The first-order chi connectivity index (χ1) is 13.7. The van der Waals surface area contributed by atoms with Crippen LogP contribution in [0, 0.1) is 5.82 Å². The molecule has 140 valence electrons. The van der Waals surface area contributed by atoms with E-state index >= 15 is 0 Å². The number of hydrogen-bond acceptors (Lipinski definition) is 4. The first kappa shape index (κ1) is 18.1. The molecule has 0 spiro atoms. The predicted octanol–water partition coefficient (Wildman–Crippen LogP) is 5.29. The lowest BCUT2D eigenvalue weighted by Crippen LogP contribution is -2.30. The van der Waals surface area contributed by atoms with Gasteiger partial charge in [-0.1, -0.05) is 47.7 Å². The monoisotopic (exact) mass is 392 g/mol. The Morgan fingerprint density at radius 2 is 1.79 bits per heavy atom. The number of ether oxygens (including phenoxy) is 1. The second-order valence-corrected chi connectivity index (χ2v) is 7.20. The SMILES string of the molecule is COc1ccc(C(=O)N(Cc2ccccc2)c2nc3c(F)cccc3s2)cc1. The summed E-state index contributed by atoms with van der Waals surface area (Å²) in [6, 6.07) is 21.4. The molecule has 0 fully saturated rings. The third kappa shape index (κ3) is 3.59. The number of carbonyl (C=O) groups is 1. The normalized spacial score (nSPS) is 10.8. The molecule has 0 aliphatic heterocycles. The lowest BCUT2D eigenvalue weighted by molar-refractivity contribution is 0.0985. The molecule has 0 aliphatic rings. The number of benzene rings is 3. The summed E-state index contributed by atoms with van der Waals surface area (Å²) in [5.41, 5.74) is 1.75. The zero-order valence-electron chi connectivity index (χ0n) is 15.1. The van der Waals surface area contributed by atoms with Crippen LogP contribution in [0.25, 0.3) is 10.2 Å². The van der Waals surface area contributed by atoms with E-state index in [2.05, 4.69) is 4.98 Å². The van der Waals surface area contributed by atoms with Gasteiger partial charge >= 0.3 is 0 Å². The van der Waals surface area contributed by atoms with Crippen LogP contribution in [0.5, 0.6) is 5.75 Å². The second kappa shape index (κ2) is 7.78. The van der Waals surface area contributed by atoms with Crippen LogP contribution in [-0.2, 0) is 6.54 Å². The molecule has 0 atom stereocenters. The van der Waals surface area contributed by atoms with Gasteiger partial charge in [0, 0.05) is 5.56 Å². The van der Waals surface area contributed by atoms with Gasteiger partial charge in [-0.15, -0.1) is 0 Å². The molecular weight excluding hydrogens is 375 g/mol. The molecule has 0 saturated heterocycles. The minimum Gasteiger partial charge on any atom is -0.497 e. The number of fused-ring (bicyclic) bond motifs is 1. The number of thiazole rings is 1. The van der Waals surface area contributed by atoms with E-state index in [4.69, 9.17) is 4.74 Å². The van der Waals surface area contributed by atoms with E-state index in [9.17, 15) is 9.18 Å². The lowest BCUT2D eigenvalue weighted by atomic mass is 10.1. The van der Waals surface area contributed by atoms with Crippen molar-refractivity contribution in [2.45, 2.75) is 6.54 Å². The Balaban J connectivity index is 1.75. The molecule has 0 radical (unpaired) electrons. The Morgan fingerprint density at radius 3 is 2.46 bits per heavy atom. The molecule has 0 bridgehead atoms. The van der Waals surface area contributed by atoms with Gasteiger partial charge < -0.3 is 4.74 Å². The van der Waals surface area contributed by atoms with Crippen molar-refractivity contribution in [2.24, 2.45) is 0 Å². The average molecular weight is 392 g/mol. The Morgan fingerprint density at radius 1 is 1.04 bits per heavy atom. The topological polar surface area (TPSA) is 42.4 Å². The summed E-state index contributed by atoms with van der Waals surface area (Å²) in [5, 5.41) is 0.463. The van der Waals surface area contributed by atoms with Crippen molar-refractivity contribution < 1.29 is 13.9 Å². The van der Waals surface area contributed by atoms with Gasteiger partial charge in [0.05, 0.1) is 18.4 Å². The van der Waals surface area contributed by atoms with E-state index in [1.165, 1.54) is 17.4 Å². The van der Waals surface area contributed by atoms with Crippen LogP contribution in [0.1, 0.15) is 15.9 Å². The van der Waals surface area contributed by atoms with Crippen molar-refractivity contribution in [2.75, 3.05) is 12.0 Å². The van der Waals surface area contributed by atoms with Gasteiger partial charge in [-0.25, -0.2) is 9.37 Å². The molecule has 0 N–H and O–H groups in total. The zero-order valence-corrected chi connectivity index (χ0v) is 15.9. The molecule has 1 aromatic heterocycles. The molecule has 4 nitrogen and oxygen atoms in total. The smallest absolute Gasteiger partial charge is 0.260 e. The van der Waals surface area contributed by atoms with Crippen LogP contribution in [-0.4, -0.2) is 18.0 Å². The largest absolute Gasteiger partial charge is 0.497 e. The van der Waals surface area contributed by atoms with Crippen molar-refractivity contribution in [1.82, 2.24) is 4.98 Å². The van der Waals surface area contributed by atoms with Gasteiger partial charge in [0.25, 0.3) is 5.91 Å². The Kier molecular flexibility index (Phi) is 5.04. The Bertz CT molecular complexity index is 1110. The molecule has 0 unspecified atom stereocenters. The minimum absolute atomic E-state index is 0.203. The van der Waals surface area contributed by atoms with E-state index in [-0.39, 0.29) is 11.4 Å². The molecule has 1 amide bonds. The van der Waals surface area contributed by atoms with Gasteiger partial charge in [0.1, 0.15) is 17.1 Å². The van der Waals surface area contributed by atoms with E-state index in [0.717, 1.165) is 5.56 Å². The third-order valence-corrected chi connectivity index (χ3v) is 5.40. The van der Waals surface area contributed by atoms with Gasteiger partial charge in [0.15, 0.2) is 5.13 Å². The number of amides is 1. The fraction of sp³-hybridized carbons (Fsp3) is 0.0909. The van der Waals surface area contributed by atoms with Crippen LogP contribution in [0.15, 0.2) is 72.8 Å². The summed E-state index contributed by atoms with van der Waals surface area (Å²) in [4.78, 5) is 19.3. The molecule has 4 aromatic rings. The zero-order chi connectivity index (χ0) is 19.5. The molecular formula is C22H17FN2O2S. The standard InChI is InChI=1S/C22H17FN2O2S/c1-27-17-12-10-16(11-13-17)21(26)25(14-15-6-3-2-4-7-15)22-24-20-18(23)8-5-9-19(20)28-22/h2-13H,14H2,1H3. The highest BCUT2D eigenvalue weighted by Crippen LogP contribution is 2.32. The predicted molar refractivity (Wildman–Crippen MR) is 110 cm³/mol. The Hall–Kier alpha value is -3.25. The van der Waals surface area contributed by atoms with Crippen molar-refractivity contribution in [3.63, 3.8) is 0 Å². The third-order valence-electron chi connectivity index (χ3n) is 4.35. The molecule has 0 saturated carbocycles. The van der Waals surface area contributed by atoms with Gasteiger partial charge in [0.2, 0.25) is 0 Å². The van der Waals surface area contributed by atoms with Crippen molar-refractivity contribution in [1.29, 1.82) is 0 Å². The van der Waals surface area contributed by atoms with E-state index in [1.54, 1.807) is 48.4 Å². The first-order valence-corrected chi connectivity index (χ1v) is 9.52. The van der Waals surface area contributed by atoms with E-state index in [0.29, 0.717) is 27.7 Å². The van der Waals surface area contributed by atoms with Crippen molar-refractivity contribution in [3.8, 4) is 5.75 Å². The lowest BCUT2D eigenvalue weighted by Gasteiger charge is -2.20. The number of aromatic nitrogens is 1. The summed E-state index contributed by atoms with van der Waals surface area (Å²) < 4.78 is 20.0. The quantitative estimate of drug-likeness (QED) is 0.463. The van der Waals surface area contributed by atoms with Gasteiger partial charge in [-0.05, 0) is 42.0 Å². The number of halogens is 1. The highest BCUT2D eigenvalue weighted by atomic mass is 32.1. The highest BCUT2D eigenvalue weighted by Gasteiger charge is 2.22. The maximum atomic E-state index is 14.1. The number of nitrogens with zero attached hydrogens (tertiary/aromatic N) is 2. The summed E-state index contributed by atoms with van der Waals surface area (Å²) in [5.74, 6) is 0.0794. The van der Waals surface area contributed by atoms with Crippen LogP contribution in [0.3, 0.4) is 0 Å². The van der Waals surface area contributed by atoms with Crippen LogP contribution < -0.4 is 9.64 Å². The number of carbonyl (C=O) groups excluding carboxylic acids is 1. The fourth-order valence-electron chi connectivity index (χ4n) is 2.90. The summed E-state index contributed by atoms with van der Waals surface area (Å²) in [7, 11) is 1.58. The number of methoxy groups -OCH3 is 1. The van der Waals surface area contributed by atoms with Crippen LogP contribution in [0.2, 0.25) is 0 Å². The molecule has 6 heteroatoms. The maximum Gasteiger partial charge on any atom is 0.260 e. The number of para-hydroxylation sites is 1. The van der Waals surface area contributed by atoms with Gasteiger partial charge in [-0.3, -0.25) is 9.69 Å². The summed E-state index contributed by atoms with van der Waals surface area (Å²) in [6.45, 7) is 0.340. The molecule has 3 aromatic carbocycles. The molecule has 0 aliphatic carbocycles. The van der Waals surface area contributed by atoms with Crippen molar-refractivity contribution in [3.05, 3.63) is 89.7 Å². The van der Waals surface area contributed by atoms with Gasteiger partial charge in [-0.2, -0.15) is 0 Å². The minimum atomic E-state index is -0.392. The Labute approximate surface area is 165 Å². The van der Waals surface area contributed by atoms with Crippen LogP contribution >= 0.6 is 11.3 Å². The van der Waals surface area contributed by atoms with E-state index in [1.807, 2.05) is 30.3 Å². The number of rotatable bonds is 5. The number of hydrogen-bond donors (Lipinski definition) is 0. The average Bonchev–Trinajstić information content (AvgIpc) is 3.18. The highest BCUT2D eigenvalue weighted by molar-refractivity contribution is 7.22. The number of anilines is 1. The molecule has 1 heterocycles. The summed E-state index contributed by atoms with van der Waals surface area (Å²) in [6.07, 6.45) is 0.